The molecule has 0 bridgehead atoms. The minimum Gasteiger partial charge on any atom is -0.369 e. The molecule has 1 aromatic heterocycles. The number of para-hydroxylation sites is 1. The maximum atomic E-state index is 14.8. The van der Waals surface area contributed by atoms with Crippen molar-refractivity contribution in [3.8, 4) is 11.3 Å². The van der Waals surface area contributed by atoms with Crippen LogP contribution in [0.15, 0.2) is 77.9 Å². The fraction of sp³-hybridized carbons (Fsp3) is 0.219. The van der Waals surface area contributed by atoms with Crippen molar-refractivity contribution in [2.45, 2.75) is 19.3 Å². The first-order chi connectivity index (χ1) is 21.3. The highest BCUT2D eigenvalue weighted by molar-refractivity contribution is 6.31. The number of guanidine groups is 1. The van der Waals surface area contributed by atoms with E-state index in [1.165, 1.54) is 6.07 Å². The number of hydrogen-bond acceptors (Lipinski definition) is 6. The Morgan fingerprint density at radius 2 is 1.82 bits per heavy atom. The first-order valence-corrected chi connectivity index (χ1v) is 14.6. The Labute approximate surface area is 258 Å². The minimum atomic E-state index is -0.494. The number of amides is 2. The Morgan fingerprint density at radius 3 is 2.59 bits per heavy atom. The number of primary amides is 1. The minimum absolute atomic E-state index is 0.0664. The zero-order valence-corrected chi connectivity index (χ0v) is 24.5. The zero-order chi connectivity index (χ0) is 30.8. The van der Waals surface area contributed by atoms with Gasteiger partial charge in [0.1, 0.15) is 5.82 Å². The van der Waals surface area contributed by atoms with Gasteiger partial charge in [0.2, 0.25) is 11.9 Å². The molecule has 0 spiro atoms. The second-order valence-electron chi connectivity index (χ2n) is 10.7. The van der Waals surface area contributed by atoms with E-state index in [9.17, 15) is 14.0 Å². The smallest absolute Gasteiger partial charge is 0.280 e. The standard InChI is InChI=1S/C32H30ClFN8O2/c33-22-9-12-24-27(16-22)42(26-6-2-1-5-25(26)34)15-13-20-17-37-32(39-28(20)24)38-23-10-7-19(8-11-23)30(44)40-31(36)41-14-3-4-21(18-41)29(35)43/h1-2,5-12,16-17,21H,3-4,13-15,18H2,(H2,35,43)(H2,36,40,44)(H,37,38,39). The number of carbonyl (C=O) groups is 2. The number of rotatable bonds is 5. The molecular formula is C32H30ClFN8O2. The lowest BCUT2D eigenvalue weighted by atomic mass is 9.98. The van der Waals surface area contributed by atoms with Gasteiger partial charge in [-0.15, -0.1) is 0 Å². The summed E-state index contributed by atoms with van der Waals surface area (Å²) in [5.74, 6) is -1.09. The van der Waals surface area contributed by atoms with Crippen LogP contribution in [0.25, 0.3) is 11.3 Å². The molecule has 5 N–H and O–H groups in total. The number of aromatic nitrogens is 2. The summed E-state index contributed by atoms with van der Waals surface area (Å²) in [4.78, 5) is 41.4. The average molecular weight is 613 g/mol. The van der Waals surface area contributed by atoms with Gasteiger partial charge in [0, 0.05) is 47.7 Å². The van der Waals surface area contributed by atoms with Crippen LogP contribution in [0.1, 0.15) is 28.8 Å². The van der Waals surface area contributed by atoms with Crippen molar-refractivity contribution >= 4 is 52.4 Å². The van der Waals surface area contributed by atoms with E-state index >= 15 is 0 Å². The van der Waals surface area contributed by atoms with Crippen LogP contribution < -0.4 is 21.7 Å². The van der Waals surface area contributed by atoms with Gasteiger partial charge in [0.05, 0.1) is 23.0 Å². The van der Waals surface area contributed by atoms with Crippen LogP contribution in [0, 0.1) is 11.7 Å². The maximum Gasteiger partial charge on any atom is 0.280 e. The Kier molecular flexibility index (Phi) is 8.12. The second-order valence-corrected chi connectivity index (χ2v) is 11.2. The number of fused-ring (bicyclic) bond motifs is 3. The third-order valence-electron chi connectivity index (χ3n) is 7.87. The summed E-state index contributed by atoms with van der Waals surface area (Å²) in [5, 5.41) is 3.73. The molecule has 1 unspecified atom stereocenters. The van der Waals surface area contributed by atoms with E-state index in [4.69, 9.17) is 28.1 Å². The predicted molar refractivity (Wildman–Crippen MR) is 169 cm³/mol. The highest BCUT2D eigenvalue weighted by Crippen LogP contribution is 2.41. The fourth-order valence-corrected chi connectivity index (χ4v) is 5.73. The molecular weight excluding hydrogens is 583 g/mol. The molecule has 12 heteroatoms. The molecule has 0 radical (unpaired) electrons. The average Bonchev–Trinajstić information content (AvgIpc) is 3.18. The molecule has 44 heavy (non-hydrogen) atoms. The van der Waals surface area contributed by atoms with Crippen molar-refractivity contribution in [1.29, 1.82) is 0 Å². The molecule has 0 aliphatic carbocycles. The quantitative estimate of drug-likeness (QED) is 0.210. The Balaban J connectivity index is 1.21. The molecule has 3 aromatic carbocycles. The van der Waals surface area contributed by atoms with Crippen LogP contribution in [0.5, 0.6) is 0 Å². The lowest BCUT2D eigenvalue weighted by molar-refractivity contribution is -0.122. The normalized spacial score (nSPS) is 16.5. The molecule has 2 amide bonds. The van der Waals surface area contributed by atoms with Crippen molar-refractivity contribution in [3.05, 3.63) is 94.9 Å². The van der Waals surface area contributed by atoms with Crippen LogP contribution in [0.3, 0.4) is 0 Å². The van der Waals surface area contributed by atoms with Crippen LogP contribution in [-0.4, -0.2) is 52.3 Å². The molecule has 0 saturated carbocycles. The summed E-state index contributed by atoms with van der Waals surface area (Å²) < 4.78 is 14.8. The number of halogens is 2. The first kappa shape index (κ1) is 29.1. The van der Waals surface area contributed by atoms with Crippen molar-refractivity contribution in [3.63, 3.8) is 0 Å². The van der Waals surface area contributed by atoms with E-state index in [1.54, 1.807) is 59.6 Å². The van der Waals surface area contributed by atoms with E-state index in [0.717, 1.165) is 28.9 Å². The molecule has 224 valence electrons. The molecule has 10 nitrogen and oxygen atoms in total. The molecule has 1 fully saturated rings. The van der Waals surface area contributed by atoms with Gasteiger partial charge in [-0.25, -0.2) is 14.4 Å². The van der Waals surface area contributed by atoms with Crippen molar-refractivity contribution < 1.29 is 14.0 Å². The van der Waals surface area contributed by atoms with Gasteiger partial charge in [0.25, 0.3) is 5.91 Å². The Bertz CT molecular complexity index is 1760. The third kappa shape index (κ3) is 6.04. The number of nitrogens with one attached hydrogen (secondary N) is 1. The van der Waals surface area contributed by atoms with E-state index in [0.29, 0.717) is 60.4 Å². The van der Waals surface area contributed by atoms with E-state index < -0.39 is 5.91 Å². The largest absolute Gasteiger partial charge is 0.369 e. The van der Waals surface area contributed by atoms with Crippen molar-refractivity contribution in [2.75, 3.05) is 29.9 Å². The maximum absolute atomic E-state index is 14.8. The van der Waals surface area contributed by atoms with Gasteiger partial charge >= 0.3 is 0 Å². The summed E-state index contributed by atoms with van der Waals surface area (Å²) in [6.07, 6.45) is 3.80. The molecule has 1 saturated heterocycles. The van der Waals surface area contributed by atoms with E-state index in [-0.39, 0.29) is 23.6 Å². The molecule has 2 aliphatic heterocycles. The SMILES string of the molecule is NC(=O)C1CCCN(C(N)=NC(=O)c2ccc(Nc3ncc4c(n3)-c3ccc(Cl)cc3N(c3ccccc3F)CC4)cc2)C1. The van der Waals surface area contributed by atoms with Gasteiger partial charge in [-0.2, -0.15) is 4.99 Å². The number of nitrogens with zero attached hydrogens (tertiary/aromatic N) is 5. The van der Waals surface area contributed by atoms with Gasteiger partial charge in [0.15, 0.2) is 5.96 Å². The van der Waals surface area contributed by atoms with Gasteiger partial charge < -0.3 is 26.6 Å². The number of benzene rings is 3. The lowest BCUT2D eigenvalue weighted by Gasteiger charge is -2.31. The van der Waals surface area contributed by atoms with Crippen LogP contribution >= 0.6 is 11.6 Å². The first-order valence-electron chi connectivity index (χ1n) is 14.2. The van der Waals surface area contributed by atoms with Crippen molar-refractivity contribution in [2.24, 2.45) is 22.4 Å². The monoisotopic (exact) mass is 612 g/mol. The number of hydrogen-bond donors (Lipinski definition) is 3. The molecule has 1 atom stereocenters. The zero-order valence-electron chi connectivity index (χ0n) is 23.7. The van der Waals surface area contributed by atoms with Crippen LogP contribution in [-0.2, 0) is 11.2 Å². The molecule has 4 aromatic rings. The van der Waals surface area contributed by atoms with Gasteiger partial charge in [-0.3, -0.25) is 9.59 Å². The summed E-state index contributed by atoms with van der Waals surface area (Å²) in [6.45, 7) is 1.47. The number of aliphatic imine (C=N–C) groups is 1. The number of nitrogens with two attached hydrogens (primary N) is 2. The highest BCUT2D eigenvalue weighted by Gasteiger charge is 2.26. The predicted octanol–water partition coefficient (Wildman–Crippen LogP) is 5.03. The van der Waals surface area contributed by atoms with Crippen LogP contribution in [0.4, 0.5) is 27.4 Å². The number of likely N-dealkylation sites (tertiary alicyclic amines) is 1. The van der Waals surface area contributed by atoms with Gasteiger partial charge in [-0.05, 0) is 79.4 Å². The number of carbonyl (C=O) groups excluding carboxylic acids is 2. The molecule has 6 rings (SSSR count). The van der Waals surface area contributed by atoms with E-state index in [2.05, 4.69) is 15.3 Å². The van der Waals surface area contributed by atoms with Crippen LogP contribution in [0.2, 0.25) is 5.02 Å². The second kappa shape index (κ2) is 12.3. The summed E-state index contributed by atoms with van der Waals surface area (Å²) in [5.41, 5.74) is 16.2. The topological polar surface area (TPSA) is 143 Å². The summed E-state index contributed by atoms with van der Waals surface area (Å²) in [6, 6.07) is 18.9. The summed E-state index contributed by atoms with van der Waals surface area (Å²) in [7, 11) is 0. The number of anilines is 4. The van der Waals surface area contributed by atoms with Crippen molar-refractivity contribution in [1.82, 2.24) is 14.9 Å². The molecule has 2 aliphatic rings. The van der Waals surface area contributed by atoms with Gasteiger partial charge in [-0.1, -0.05) is 23.7 Å². The highest BCUT2D eigenvalue weighted by atomic mass is 35.5. The Morgan fingerprint density at radius 1 is 1.02 bits per heavy atom. The molecule has 3 heterocycles. The number of piperidine rings is 1. The Hall–Kier alpha value is -5.03. The third-order valence-corrected chi connectivity index (χ3v) is 8.11. The summed E-state index contributed by atoms with van der Waals surface area (Å²) >= 11 is 6.38. The lowest BCUT2D eigenvalue weighted by Crippen LogP contribution is -2.47. The fourth-order valence-electron chi connectivity index (χ4n) is 5.57. The van der Waals surface area contributed by atoms with E-state index in [1.807, 2.05) is 17.0 Å².